The number of amides is 1. The van der Waals surface area contributed by atoms with Crippen molar-refractivity contribution in [3.63, 3.8) is 0 Å². The van der Waals surface area contributed by atoms with Gasteiger partial charge in [-0.2, -0.15) is 11.8 Å². The molecule has 3 nitrogen and oxygen atoms in total. The number of para-hydroxylation sites is 1. The smallest absolute Gasteiger partial charge is 0.234 e. The van der Waals surface area contributed by atoms with Crippen LogP contribution in [0.5, 0.6) is 5.75 Å². The van der Waals surface area contributed by atoms with E-state index in [0.717, 1.165) is 12.2 Å². The minimum Gasteiger partial charge on any atom is -0.494 e. The molecule has 6 heteroatoms. The van der Waals surface area contributed by atoms with Crippen molar-refractivity contribution >= 4 is 35.0 Å². The molecule has 2 aromatic rings. The Balaban J connectivity index is 1.57. The lowest BCUT2D eigenvalue weighted by atomic mass is 10.3. The van der Waals surface area contributed by atoms with Crippen molar-refractivity contribution in [2.24, 2.45) is 0 Å². The molecule has 23 heavy (non-hydrogen) atoms. The summed E-state index contributed by atoms with van der Waals surface area (Å²) in [7, 11) is 0. The van der Waals surface area contributed by atoms with E-state index >= 15 is 0 Å². The maximum atomic E-state index is 12.7. The Kier molecular flexibility index (Phi) is 7.23. The van der Waals surface area contributed by atoms with Gasteiger partial charge in [-0.05, 0) is 48.6 Å². The van der Waals surface area contributed by atoms with E-state index in [2.05, 4.69) is 5.32 Å². The third kappa shape index (κ3) is 6.50. The summed E-state index contributed by atoms with van der Waals surface area (Å²) in [4.78, 5) is 11.8. The first kappa shape index (κ1) is 17.6. The number of ether oxygens (including phenoxy) is 1. The minimum absolute atomic E-state index is 0.0810. The number of rotatable bonds is 8. The molecular weight excluding hydrogens is 337 g/mol. The molecule has 0 aliphatic rings. The zero-order valence-corrected chi connectivity index (χ0v) is 14.0. The van der Waals surface area contributed by atoms with Crippen LogP contribution < -0.4 is 10.1 Å². The number of hydrogen-bond donors (Lipinski definition) is 1. The first-order chi connectivity index (χ1) is 11.1. The number of halogens is 2. The Morgan fingerprint density at radius 3 is 2.65 bits per heavy atom. The predicted octanol–water partition coefficient (Wildman–Crippen LogP) is 4.62. The normalized spacial score (nSPS) is 10.3. The molecule has 0 heterocycles. The molecule has 0 saturated heterocycles. The van der Waals surface area contributed by atoms with Gasteiger partial charge in [-0.15, -0.1) is 0 Å². The summed E-state index contributed by atoms with van der Waals surface area (Å²) >= 11 is 7.51. The van der Waals surface area contributed by atoms with Crippen LogP contribution in [0.2, 0.25) is 5.02 Å². The molecule has 1 amide bonds. The number of nitrogens with one attached hydrogen (secondary N) is 1. The topological polar surface area (TPSA) is 38.3 Å². The number of anilines is 1. The van der Waals surface area contributed by atoms with E-state index in [9.17, 15) is 9.18 Å². The number of carbonyl (C=O) groups excluding carboxylic acids is 1. The second kappa shape index (κ2) is 9.43. The zero-order chi connectivity index (χ0) is 16.5. The van der Waals surface area contributed by atoms with Gasteiger partial charge < -0.3 is 10.1 Å². The second-order valence-corrected chi connectivity index (χ2v) is 6.25. The third-order valence-corrected chi connectivity index (χ3v) is 4.27. The van der Waals surface area contributed by atoms with Gasteiger partial charge >= 0.3 is 0 Å². The van der Waals surface area contributed by atoms with E-state index < -0.39 is 0 Å². The molecule has 1 N–H and O–H groups in total. The summed E-state index contributed by atoms with van der Waals surface area (Å²) in [5.74, 6) is 1.45. The van der Waals surface area contributed by atoms with E-state index in [4.69, 9.17) is 16.3 Å². The van der Waals surface area contributed by atoms with Crippen LogP contribution in [0.4, 0.5) is 10.1 Å². The summed E-state index contributed by atoms with van der Waals surface area (Å²) in [6.07, 6.45) is 0.807. The molecule has 2 rings (SSSR count). The molecule has 0 unspecified atom stereocenters. The van der Waals surface area contributed by atoms with Crippen LogP contribution in [0, 0.1) is 5.82 Å². The van der Waals surface area contributed by atoms with Crippen molar-refractivity contribution < 1.29 is 13.9 Å². The van der Waals surface area contributed by atoms with Crippen LogP contribution in [0.1, 0.15) is 6.42 Å². The molecule has 0 aromatic heterocycles. The lowest BCUT2D eigenvalue weighted by Gasteiger charge is -2.07. The molecule has 2 aromatic carbocycles. The quantitative estimate of drug-likeness (QED) is 0.704. The number of benzene rings is 2. The largest absolute Gasteiger partial charge is 0.494 e. The molecule has 0 bridgehead atoms. The predicted molar refractivity (Wildman–Crippen MR) is 93.9 cm³/mol. The molecule has 0 aliphatic heterocycles. The van der Waals surface area contributed by atoms with E-state index in [1.54, 1.807) is 24.3 Å². The Morgan fingerprint density at radius 1 is 1.17 bits per heavy atom. The maximum Gasteiger partial charge on any atom is 0.234 e. The molecule has 0 fully saturated rings. The van der Waals surface area contributed by atoms with Gasteiger partial charge in [0, 0.05) is 0 Å². The van der Waals surface area contributed by atoms with E-state index in [1.807, 2.05) is 12.1 Å². The molecular formula is C17H17ClFNO2S. The standard InChI is InChI=1S/C17H17ClFNO2S/c18-15-4-1-2-5-16(15)20-17(21)12-23-11-3-10-22-14-8-6-13(19)7-9-14/h1-2,4-9H,3,10-12H2,(H,20,21). The van der Waals surface area contributed by atoms with Crippen LogP contribution in [-0.2, 0) is 4.79 Å². The molecule has 0 saturated carbocycles. The first-order valence-corrected chi connectivity index (χ1v) is 8.69. The summed E-state index contributed by atoms with van der Waals surface area (Å²) in [6.45, 7) is 0.533. The Morgan fingerprint density at radius 2 is 1.91 bits per heavy atom. The molecule has 0 atom stereocenters. The molecule has 122 valence electrons. The van der Waals surface area contributed by atoms with E-state index in [1.165, 1.54) is 23.9 Å². The highest BCUT2D eigenvalue weighted by atomic mass is 35.5. The van der Waals surface area contributed by atoms with Crippen LogP contribution >= 0.6 is 23.4 Å². The Labute approximate surface area is 144 Å². The summed E-state index contributed by atoms with van der Waals surface area (Å²) in [5, 5.41) is 3.30. The van der Waals surface area contributed by atoms with Crippen LogP contribution in [0.25, 0.3) is 0 Å². The highest BCUT2D eigenvalue weighted by Crippen LogP contribution is 2.20. The van der Waals surface area contributed by atoms with Gasteiger partial charge in [-0.1, -0.05) is 23.7 Å². The van der Waals surface area contributed by atoms with Gasteiger partial charge in [0.25, 0.3) is 0 Å². The van der Waals surface area contributed by atoms with E-state index in [-0.39, 0.29) is 11.7 Å². The maximum absolute atomic E-state index is 12.7. The number of carbonyl (C=O) groups is 1. The lowest BCUT2D eigenvalue weighted by molar-refractivity contribution is -0.113. The minimum atomic E-state index is -0.280. The molecule has 0 aliphatic carbocycles. The van der Waals surface area contributed by atoms with Gasteiger partial charge in [0.05, 0.1) is 23.1 Å². The summed E-state index contributed by atoms with van der Waals surface area (Å²) < 4.78 is 18.2. The number of thioether (sulfide) groups is 1. The summed E-state index contributed by atoms with van der Waals surface area (Å²) in [6, 6.07) is 13.1. The van der Waals surface area contributed by atoms with Crippen molar-refractivity contribution in [2.75, 3.05) is 23.4 Å². The lowest BCUT2D eigenvalue weighted by Crippen LogP contribution is -2.14. The van der Waals surface area contributed by atoms with Gasteiger partial charge in [-0.25, -0.2) is 4.39 Å². The monoisotopic (exact) mass is 353 g/mol. The SMILES string of the molecule is O=C(CSCCCOc1ccc(F)cc1)Nc1ccccc1Cl. The molecule has 0 radical (unpaired) electrons. The average molecular weight is 354 g/mol. The van der Waals surface area contributed by atoms with Crippen molar-refractivity contribution in [2.45, 2.75) is 6.42 Å². The Hall–Kier alpha value is -1.72. The molecule has 0 spiro atoms. The van der Waals surface area contributed by atoms with E-state index in [0.29, 0.717) is 28.8 Å². The number of hydrogen-bond acceptors (Lipinski definition) is 3. The van der Waals surface area contributed by atoms with Gasteiger partial charge in [0.1, 0.15) is 11.6 Å². The third-order valence-electron chi connectivity index (χ3n) is 2.90. The highest BCUT2D eigenvalue weighted by Gasteiger charge is 2.05. The fourth-order valence-corrected chi connectivity index (χ4v) is 2.70. The second-order valence-electron chi connectivity index (χ2n) is 4.74. The zero-order valence-electron chi connectivity index (χ0n) is 12.4. The van der Waals surface area contributed by atoms with Crippen LogP contribution in [0.3, 0.4) is 0 Å². The van der Waals surface area contributed by atoms with Crippen LogP contribution in [-0.4, -0.2) is 24.0 Å². The van der Waals surface area contributed by atoms with Gasteiger partial charge in [-0.3, -0.25) is 4.79 Å². The summed E-state index contributed by atoms with van der Waals surface area (Å²) in [5.41, 5.74) is 0.624. The van der Waals surface area contributed by atoms with Crippen molar-refractivity contribution in [1.82, 2.24) is 0 Å². The average Bonchev–Trinajstić information content (AvgIpc) is 2.54. The fraction of sp³-hybridized carbons (Fsp3) is 0.235. The van der Waals surface area contributed by atoms with Crippen molar-refractivity contribution in [1.29, 1.82) is 0 Å². The highest BCUT2D eigenvalue weighted by molar-refractivity contribution is 7.99. The Bertz CT molecular complexity index is 637. The van der Waals surface area contributed by atoms with Gasteiger partial charge in [0.2, 0.25) is 5.91 Å². The van der Waals surface area contributed by atoms with Crippen LogP contribution in [0.15, 0.2) is 48.5 Å². The van der Waals surface area contributed by atoms with Gasteiger partial charge in [0.15, 0.2) is 0 Å². The van der Waals surface area contributed by atoms with Crippen molar-refractivity contribution in [3.8, 4) is 5.75 Å². The fourth-order valence-electron chi connectivity index (χ4n) is 1.80. The van der Waals surface area contributed by atoms with Crippen molar-refractivity contribution in [3.05, 3.63) is 59.4 Å². The first-order valence-electron chi connectivity index (χ1n) is 7.15.